The van der Waals surface area contributed by atoms with Crippen LogP contribution in [0, 0.1) is 11.7 Å². The second-order valence-corrected chi connectivity index (χ2v) is 9.69. The molecule has 7 heteroatoms. The van der Waals surface area contributed by atoms with Gasteiger partial charge in [0.15, 0.2) is 11.5 Å². The number of nitrogens with one attached hydrogen (secondary N) is 1. The minimum absolute atomic E-state index is 0.0616. The van der Waals surface area contributed by atoms with E-state index >= 15 is 0 Å². The van der Waals surface area contributed by atoms with E-state index in [4.69, 9.17) is 9.47 Å². The normalized spacial score (nSPS) is 11.6. The van der Waals surface area contributed by atoms with Gasteiger partial charge in [0.2, 0.25) is 11.8 Å². The van der Waals surface area contributed by atoms with Gasteiger partial charge in [-0.15, -0.1) is 0 Å². The Kier molecular flexibility index (Phi) is 10.7. The highest BCUT2D eigenvalue weighted by Crippen LogP contribution is 2.28. The topological polar surface area (TPSA) is 67.9 Å². The van der Waals surface area contributed by atoms with E-state index in [9.17, 15) is 14.0 Å². The molecule has 0 aromatic heterocycles. The molecule has 0 spiro atoms. The van der Waals surface area contributed by atoms with Gasteiger partial charge in [-0.3, -0.25) is 9.59 Å². The smallest absolute Gasteiger partial charge is 0.243 e. The van der Waals surface area contributed by atoms with E-state index in [0.717, 1.165) is 23.1 Å². The number of halogens is 1. The molecule has 0 aliphatic carbocycles. The van der Waals surface area contributed by atoms with Crippen LogP contribution >= 0.6 is 0 Å². The minimum Gasteiger partial charge on any atom is -0.493 e. The van der Waals surface area contributed by atoms with Gasteiger partial charge in [-0.1, -0.05) is 62.4 Å². The van der Waals surface area contributed by atoms with Gasteiger partial charge in [-0.05, 0) is 53.3 Å². The lowest BCUT2D eigenvalue weighted by Gasteiger charge is -2.32. The Labute approximate surface area is 224 Å². The third-order valence-corrected chi connectivity index (χ3v) is 6.36. The number of amides is 2. The van der Waals surface area contributed by atoms with Crippen molar-refractivity contribution in [1.82, 2.24) is 10.2 Å². The molecule has 0 aliphatic rings. The third kappa shape index (κ3) is 8.33. The number of hydrogen-bond donors (Lipinski definition) is 1. The van der Waals surface area contributed by atoms with Crippen molar-refractivity contribution in [2.45, 2.75) is 45.7 Å². The summed E-state index contributed by atoms with van der Waals surface area (Å²) in [7, 11) is 3.10. The molecule has 0 fully saturated rings. The van der Waals surface area contributed by atoms with Crippen LogP contribution in [0.1, 0.15) is 37.0 Å². The molecule has 3 aromatic carbocycles. The van der Waals surface area contributed by atoms with Crippen molar-refractivity contribution in [3.63, 3.8) is 0 Å². The molecule has 0 heterocycles. The number of ether oxygens (including phenoxy) is 2. The number of methoxy groups -OCH3 is 2. The molecule has 1 N–H and O–H groups in total. The molecular formula is C31H37FN2O4. The third-order valence-electron chi connectivity index (χ3n) is 6.36. The van der Waals surface area contributed by atoms with Gasteiger partial charge in [-0.25, -0.2) is 4.39 Å². The lowest BCUT2D eigenvalue weighted by molar-refractivity contribution is -0.140. The molecular weight excluding hydrogens is 483 g/mol. The highest BCUT2D eigenvalue weighted by molar-refractivity contribution is 5.88. The van der Waals surface area contributed by atoms with E-state index in [1.165, 1.54) is 12.1 Å². The maximum absolute atomic E-state index is 13.9. The van der Waals surface area contributed by atoms with Crippen molar-refractivity contribution < 1.29 is 23.5 Å². The Morgan fingerprint density at radius 2 is 1.53 bits per heavy atom. The summed E-state index contributed by atoms with van der Waals surface area (Å²) in [5, 5.41) is 3.03. The summed E-state index contributed by atoms with van der Waals surface area (Å²) in [5.74, 6) is 0.737. The minimum atomic E-state index is -0.748. The maximum Gasteiger partial charge on any atom is 0.243 e. The molecule has 3 aromatic rings. The zero-order valence-corrected chi connectivity index (χ0v) is 22.6. The van der Waals surface area contributed by atoms with E-state index in [2.05, 4.69) is 19.2 Å². The molecule has 0 aliphatic heterocycles. The van der Waals surface area contributed by atoms with Gasteiger partial charge < -0.3 is 19.7 Å². The highest BCUT2D eigenvalue weighted by atomic mass is 19.1. The first-order chi connectivity index (χ1) is 18.3. The zero-order valence-electron chi connectivity index (χ0n) is 22.6. The number of carbonyl (C=O) groups is 2. The number of hydrogen-bond acceptors (Lipinski definition) is 4. The average molecular weight is 521 g/mol. The van der Waals surface area contributed by atoms with Crippen LogP contribution in [-0.2, 0) is 29.0 Å². The standard InChI is InChI=1S/C31H37FN2O4/c1-22(2)16-17-33-31(36)27(18-23-8-6-5-7-9-23)34(21-24-10-13-26(32)14-11-24)30(35)20-25-12-15-28(37-3)29(19-25)38-4/h5-15,19,22,27H,16-18,20-21H2,1-4H3,(H,33,36). The van der Waals surface area contributed by atoms with Crippen LogP contribution in [0.3, 0.4) is 0 Å². The molecule has 0 radical (unpaired) electrons. The van der Waals surface area contributed by atoms with Gasteiger partial charge in [0.05, 0.1) is 20.6 Å². The summed E-state index contributed by atoms with van der Waals surface area (Å²) in [6.07, 6.45) is 1.25. The summed E-state index contributed by atoms with van der Waals surface area (Å²) < 4.78 is 24.3. The van der Waals surface area contributed by atoms with Crippen molar-refractivity contribution in [1.29, 1.82) is 0 Å². The zero-order chi connectivity index (χ0) is 27.5. The maximum atomic E-state index is 13.9. The molecule has 0 saturated carbocycles. The average Bonchev–Trinajstić information content (AvgIpc) is 2.91. The van der Waals surface area contributed by atoms with Crippen molar-refractivity contribution in [3.05, 3.63) is 95.3 Å². The second-order valence-electron chi connectivity index (χ2n) is 9.69. The Balaban J connectivity index is 1.95. The van der Waals surface area contributed by atoms with Crippen LogP contribution in [0.25, 0.3) is 0 Å². The Morgan fingerprint density at radius 1 is 0.868 bits per heavy atom. The monoisotopic (exact) mass is 520 g/mol. The molecule has 1 atom stereocenters. The predicted octanol–water partition coefficient (Wildman–Crippen LogP) is 5.19. The lowest BCUT2D eigenvalue weighted by atomic mass is 10.0. The molecule has 0 saturated heterocycles. The van der Waals surface area contributed by atoms with E-state index in [-0.39, 0.29) is 30.6 Å². The summed E-state index contributed by atoms with van der Waals surface area (Å²) >= 11 is 0. The van der Waals surface area contributed by atoms with Crippen LogP contribution in [0.15, 0.2) is 72.8 Å². The second kappa shape index (κ2) is 14.2. The quantitative estimate of drug-likeness (QED) is 0.337. The van der Waals surface area contributed by atoms with Gasteiger partial charge in [0, 0.05) is 19.5 Å². The van der Waals surface area contributed by atoms with E-state index in [1.807, 2.05) is 36.4 Å². The first-order valence-electron chi connectivity index (χ1n) is 12.9. The van der Waals surface area contributed by atoms with E-state index in [1.54, 1.807) is 43.4 Å². The molecule has 6 nitrogen and oxygen atoms in total. The molecule has 38 heavy (non-hydrogen) atoms. The fourth-order valence-corrected chi connectivity index (χ4v) is 4.21. The predicted molar refractivity (Wildman–Crippen MR) is 147 cm³/mol. The van der Waals surface area contributed by atoms with Crippen molar-refractivity contribution in [2.75, 3.05) is 20.8 Å². The van der Waals surface area contributed by atoms with Gasteiger partial charge in [0.1, 0.15) is 11.9 Å². The van der Waals surface area contributed by atoms with Gasteiger partial charge in [0.25, 0.3) is 0 Å². The first-order valence-corrected chi connectivity index (χ1v) is 12.9. The van der Waals surface area contributed by atoms with E-state index in [0.29, 0.717) is 30.4 Å². The fraction of sp³-hybridized carbons (Fsp3) is 0.355. The van der Waals surface area contributed by atoms with Crippen molar-refractivity contribution in [3.8, 4) is 11.5 Å². The number of rotatable bonds is 13. The van der Waals surface area contributed by atoms with Crippen LogP contribution in [0.2, 0.25) is 0 Å². The summed E-state index contributed by atoms with van der Waals surface area (Å²) in [5.41, 5.74) is 2.41. The van der Waals surface area contributed by atoms with Crippen LogP contribution in [0.5, 0.6) is 11.5 Å². The Hall–Kier alpha value is -3.87. The number of carbonyl (C=O) groups excluding carboxylic acids is 2. The lowest BCUT2D eigenvalue weighted by Crippen LogP contribution is -2.51. The first kappa shape index (κ1) is 28.7. The molecule has 2 amide bonds. The summed E-state index contributed by atoms with van der Waals surface area (Å²) in [6, 6.07) is 20.2. The highest BCUT2D eigenvalue weighted by Gasteiger charge is 2.30. The number of benzene rings is 3. The summed E-state index contributed by atoms with van der Waals surface area (Å²) in [6.45, 7) is 4.89. The molecule has 3 rings (SSSR count). The van der Waals surface area contributed by atoms with Crippen LogP contribution in [-0.4, -0.2) is 43.5 Å². The Morgan fingerprint density at radius 3 is 2.16 bits per heavy atom. The van der Waals surface area contributed by atoms with Crippen LogP contribution < -0.4 is 14.8 Å². The van der Waals surface area contributed by atoms with Crippen molar-refractivity contribution in [2.24, 2.45) is 5.92 Å². The molecule has 202 valence electrons. The van der Waals surface area contributed by atoms with Gasteiger partial charge >= 0.3 is 0 Å². The molecule has 0 bridgehead atoms. The Bertz CT molecular complexity index is 1180. The van der Waals surface area contributed by atoms with E-state index < -0.39 is 6.04 Å². The fourth-order valence-electron chi connectivity index (χ4n) is 4.21. The van der Waals surface area contributed by atoms with Gasteiger partial charge in [-0.2, -0.15) is 0 Å². The van der Waals surface area contributed by atoms with Crippen molar-refractivity contribution >= 4 is 11.8 Å². The number of nitrogens with zero attached hydrogens (tertiary/aromatic N) is 1. The summed E-state index contributed by atoms with van der Waals surface area (Å²) in [4.78, 5) is 29.0. The largest absolute Gasteiger partial charge is 0.493 e. The molecule has 1 unspecified atom stereocenters. The SMILES string of the molecule is COc1ccc(CC(=O)N(Cc2ccc(F)cc2)C(Cc2ccccc2)C(=O)NCCC(C)C)cc1OC. The van der Waals surface area contributed by atoms with Crippen LogP contribution in [0.4, 0.5) is 4.39 Å².